The summed E-state index contributed by atoms with van der Waals surface area (Å²) in [6.07, 6.45) is 5.58. The summed E-state index contributed by atoms with van der Waals surface area (Å²) in [6, 6.07) is 8.00. The second-order valence-electron chi connectivity index (χ2n) is 6.48. The number of hydrogen-bond acceptors (Lipinski definition) is 3. The highest BCUT2D eigenvalue weighted by Crippen LogP contribution is 2.31. The summed E-state index contributed by atoms with van der Waals surface area (Å²) < 4.78 is 5.80. The van der Waals surface area contributed by atoms with Crippen molar-refractivity contribution in [2.24, 2.45) is 0 Å². The molecule has 5 nitrogen and oxygen atoms in total. The van der Waals surface area contributed by atoms with Crippen LogP contribution in [0.25, 0.3) is 0 Å². The number of H-pyrrole nitrogens is 1. The Bertz CT molecular complexity index is 695. The summed E-state index contributed by atoms with van der Waals surface area (Å²) in [7, 11) is 1.88. The zero-order chi connectivity index (χ0) is 16.9. The molecule has 3 rings (SSSR count). The Balaban J connectivity index is 1.48. The van der Waals surface area contributed by atoms with Gasteiger partial charge in [0.1, 0.15) is 5.75 Å². The Morgan fingerprint density at radius 2 is 2.25 bits per heavy atom. The summed E-state index contributed by atoms with van der Waals surface area (Å²) >= 11 is 0. The Morgan fingerprint density at radius 3 is 3.08 bits per heavy atom. The number of likely N-dealkylation sites (N-methyl/N-ethyl adjacent to an activating group) is 1. The number of benzene rings is 1. The molecule has 0 radical (unpaired) electrons. The number of aryl methyl sites for hydroxylation is 2. The van der Waals surface area contributed by atoms with Gasteiger partial charge in [-0.15, -0.1) is 0 Å². The van der Waals surface area contributed by atoms with Crippen molar-refractivity contribution in [3.05, 3.63) is 47.3 Å². The van der Waals surface area contributed by atoms with Crippen LogP contribution >= 0.6 is 0 Å². The molecule has 1 aliphatic rings. The number of hydrogen-bond donors (Lipinski definition) is 1. The molecular formula is C19H25N3O2. The van der Waals surface area contributed by atoms with Gasteiger partial charge in [0.05, 0.1) is 18.7 Å². The van der Waals surface area contributed by atoms with Crippen molar-refractivity contribution in [1.82, 2.24) is 15.1 Å². The molecule has 0 aliphatic heterocycles. The van der Waals surface area contributed by atoms with E-state index in [4.69, 9.17) is 4.74 Å². The van der Waals surface area contributed by atoms with Crippen molar-refractivity contribution >= 4 is 5.91 Å². The maximum Gasteiger partial charge on any atom is 0.229 e. The van der Waals surface area contributed by atoms with Crippen LogP contribution in [0.2, 0.25) is 0 Å². The van der Waals surface area contributed by atoms with E-state index in [-0.39, 0.29) is 11.8 Å². The molecule has 0 bridgehead atoms. The number of fused-ring (bicyclic) bond motifs is 1. The number of carbonyl (C=O) groups excluding carboxylic acids is 1. The van der Waals surface area contributed by atoms with Crippen LogP contribution in [-0.4, -0.2) is 41.2 Å². The molecule has 1 aromatic heterocycles. The highest BCUT2D eigenvalue weighted by molar-refractivity contribution is 5.84. The first kappa shape index (κ1) is 16.6. The first-order valence-corrected chi connectivity index (χ1v) is 8.62. The summed E-state index contributed by atoms with van der Waals surface area (Å²) in [6.45, 7) is 3.36. The van der Waals surface area contributed by atoms with Crippen LogP contribution in [-0.2, 0) is 11.2 Å². The fourth-order valence-corrected chi connectivity index (χ4v) is 3.30. The Kier molecular flexibility index (Phi) is 5.18. The van der Waals surface area contributed by atoms with Crippen LogP contribution in [0.4, 0.5) is 0 Å². The van der Waals surface area contributed by atoms with Gasteiger partial charge in [-0.3, -0.25) is 9.89 Å². The van der Waals surface area contributed by atoms with Gasteiger partial charge in [-0.2, -0.15) is 5.10 Å². The molecule has 1 N–H and O–H groups in total. The minimum Gasteiger partial charge on any atom is -0.493 e. The van der Waals surface area contributed by atoms with Crippen LogP contribution in [0, 0.1) is 6.92 Å². The fraction of sp³-hybridized carbons (Fsp3) is 0.474. The maximum absolute atomic E-state index is 12.7. The van der Waals surface area contributed by atoms with Gasteiger partial charge in [-0.1, -0.05) is 18.2 Å². The van der Waals surface area contributed by atoms with E-state index in [0.29, 0.717) is 13.2 Å². The van der Waals surface area contributed by atoms with Crippen molar-refractivity contribution in [2.75, 3.05) is 20.2 Å². The van der Waals surface area contributed by atoms with Gasteiger partial charge < -0.3 is 9.64 Å². The molecule has 1 aromatic carbocycles. The van der Waals surface area contributed by atoms with Crippen LogP contribution in [0.3, 0.4) is 0 Å². The average molecular weight is 327 g/mol. The molecule has 1 heterocycles. The highest BCUT2D eigenvalue weighted by Gasteiger charge is 2.29. The summed E-state index contributed by atoms with van der Waals surface area (Å²) in [5.41, 5.74) is 3.33. The SMILES string of the molecule is Cc1ccccc1OCCCN(C)C(=O)[C@@H]1CCCc2[nH]ncc21. The number of ether oxygens (including phenoxy) is 1. The molecule has 0 saturated carbocycles. The van der Waals surface area contributed by atoms with Crippen molar-refractivity contribution < 1.29 is 9.53 Å². The van der Waals surface area contributed by atoms with Crippen LogP contribution in [0.15, 0.2) is 30.5 Å². The third-order valence-electron chi connectivity index (χ3n) is 4.71. The predicted molar refractivity (Wildman–Crippen MR) is 93.2 cm³/mol. The Hall–Kier alpha value is -2.30. The number of nitrogens with zero attached hydrogens (tertiary/aromatic N) is 2. The number of aromatic nitrogens is 2. The molecular weight excluding hydrogens is 302 g/mol. The van der Waals surface area contributed by atoms with Crippen LogP contribution < -0.4 is 4.74 Å². The van der Waals surface area contributed by atoms with Crippen LogP contribution in [0.5, 0.6) is 5.75 Å². The van der Waals surface area contributed by atoms with Gasteiger partial charge in [0.25, 0.3) is 0 Å². The quantitative estimate of drug-likeness (QED) is 0.830. The molecule has 128 valence electrons. The molecule has 0 spiro atoms. The number of nitrogens with one attached hydrogen (secondary N) is 1. The number of aromatic amines is 1. The van der Waals surface area contributed by atoms with Crippen molar-refractivity contribution in [2.45, 2.75) is 38.5 Å². The number of amides is 1. The van der Waals surface area contributed by atoms with Gasteiger partial charge in [0, 0.05) is 24.8 Å². The largest absolute Gasteiger partial charge is 0.493 e. The normalized spacial score (nSPS) is 16.5. The van der Waals surface area contributed by atoms with Crippen molar-refractivity contribution in [3.63, 3.8) is 0 Å². The lowest BCUT2D eigenvalue weighted by Gasteiger charge is -2.26. The summed E-state index contributed by atoms with van der Waals surface area (Å²) in [4.78, 5) is 14.5. The minimum atomic E-state index is -0.0465. The van der Waals surface area contributed by atoms with Gasteiger partial charge >= 0.3 is 0 Å². The molecule has 0 unspecified atom stereocenters. The van der Waals surface area contributed by atoms with E-state index in [2.05, 4.69) is 10.2 Å². The molecule has 1 amide bonds. The maximum atomic E-state index is 12.7. The molecule has 24 heavy (non-hydrogen) atoms. The second kappa shape index (κ2) is 7.51. The zero-order valence-electron chi connectivity index (χ0n) is 14.4. The molecule has 0 fully saturated rings. The van der Waals surface area contributed by atoms with Crippen molar-refractivity contribution in [1.29, 1.82) is 0 Å². The van der Waals surface area contributed by atoms with E-state index in [1.807, 2.05) is 49.3 Å². The van der Waals surface area contributed by atoms with E-state index in [9.17, 15) is 4.79 Å². The van der Waals surface area contributed by atoms with Gasteiger partial charge in [0.2, 0.25) is 5.91 Å². The molecule has 5 heteroatoms. The fourth-order valence-electron chi connectivity index (χ4n) is 3.30. The first-order chi connectivity index (χ1) is 11.7. The molecule has 2 aromatic rings. The predicted octanol–water partition coefficient (Wildman–Crippen LogP) is 3.07. The third kappa shape index (κ3) is 3.61. The smallest absolute Gasteiger partial charge is 0.229 e. The lowest BCUT2D eigenvalue weighted by atomic mass is 9.86. The van der Waals surface area contributed by atoms with Gasteiger partial charge in [-0.05, 0) is 44.2 Å². The standard InChI is InChI=1S/C19H25N3O2/c1-14-7-3-4-10-18(14)24-12-6-11-22(2)19(23)15-8-5-9-17-16(15)13-20-21-17/h3-4,7,10,13,15H,5-6,8-9,11-12H2,1-2H3,(H,20,21)/t15-/m1/s1. The van der Waals surface area contributed by atoms with E-state index < -0.39 is 0 Å². The summed E-state index contributed by atoms with van der Waals surface area (Å²) in [5, 5.41) is 7.11. The van der Waals surface area contributed by atoms with E-state index in [1.165, 1.54) is 0 Å². The lowest BCUT2D eigenvalue weighted by Crippen LogP contribution is -2.34. The third-order valence-corrected chi connectivity index (χ3v) is 4.71. The highest BCUT2D eigenvalue weighted by atomic mass is 16.5. The van der Waals surface area contributed by atoms with Gasteiger partial charge in [-0.25, -0.2) is 0 Å². The first-order valence-electron chi connectivity index (χ1n) is 8.62. The molecule has 1 aliphatic carbocycles. The number of rotatable bonds is 6. The van der Waals surface area contributed by atoms with E-state index >= 15 is 0 Å². The Labute approximate surface area is 143 Å². The van der Waals surface area contributed by atoms with Crippen molar-refractivity contribution in [3.8, 4) is 5.75 Å². The Morgan fingerprint density at radius 1 is 1.42 bits per heavy atom. The van der Waals surface area contributed by atoms with Gasteiger partial charge in [0.15, 0.2) is 0 Å². The van der Waals surface area contributed by atoms with E-state index in [1.54, 1.807) is 0 Å². The molecule has 1 atom stereocenters. The molecule has 0 saturated heterocycles. The summed E-state index contributed by atoms with van der Waals surface area (Å²) in [5.74, 6) is 1.06. The minimum absolute atomic E-state index is 0.0465. The van der Waals surface area contributed by atoms with Crippen LogP contribution in [0.1, 0.15) is 42.0 Å². The number of carbonyl (C=O) groups is 1. The lowest BCUT2D eigenvalue weighted by molar-refractivity contribution is -0.132. The number of para-hydroxylation sites is 1. The zero-order valence-corrected chi connectivity index (χ0v) is 14.4. The monoisotopic (exact) mass is 327 g/mol. The second-order valence-corrected chi connectivity index (χ2v) is 6.48. The van der Waals surface area contributed by atoms with E-state index in [0.717, 1.165) is 48.3 Å². The average Bonchev–Trinajstić information content (AvgIpc) is 3.08. The topological polar surface area (TPSA) is 58.2 Å².